The molecule has 6 heteroatoms. The Morgan fingerprint density at radius 1 is 1.40 bits per heavy atom. The van der Waals surface area contributed by atoms with Crippen molar-refractivity contribution in [3.63, 3.8) is 0 Å². The minimum Gasteiger partial charge on any atom is -0.337 e. The number of sulfone groups is 1. The molecule has 0 bridgehead atoms. The molecule has 0 radical (unpaired) electrons. The molecule has 0 spiro atoms. The minimum atomic E-state index is -3.10. The van der Waals surface area contributed by atoms with E-state index < -0.39 is 9.84 Å². The van der Waals surface area contributed by atoms with E-state index in [1.165, 1.54) is 10.4 Å². The maximum Gasteiger partial charge on any atom is 0.223 e. The van der Waals surface area contributed by atoms with Crippen LogP contribution in [-0.2, 0) is 21.2 Å². The van der Waals surface area contributed by atoms with Gasteiger partial charge in [-0.2, -0.15) is 0 Å². The first-order chi connectivity index (χ1) is 9.19. The van der Waals surface area contributed by atoms with Crippen LogP contribution in [0.5, 0.6) is 0 Å². The van der Waals surface area contributed by atoms with Crippen molar-refractivity contribution < 1.29 is 13.2 Å². The fraction of sp³-hybridized carbons (Fsp3) is 0.643. The molecule has 0 fully saturated rings. The van der Waals surface area contributed by atoms with Crippen molar-refractivity contribution >= 4 is 27.1 Å². The van der Waals surface area contributed by atoms with Gasteiger partial charge in [0.1, 0.15) is 9.84 Å². The Balaban J connectivity index is 2.73. The van der Waals surface area contributed by atoms with Crippen molar-refractivity contribution in [3.05, 3.63) is 21.9 Å². The molecule has 4 nitrogen and oxygen atoms in total. The molecule has 0 aromatic carbocycles. The van der Waals surface area contributed by atoms with Gasteiger partial charge in [-0.1, -0.05) is 13.8 Å². The summed E-state index contributed by atoms with van der Waals surface area (Å²) in [5.41, 5.74) is 1.18. The van der Waals surface area contributed by atoms with Gasteiger partial charge in [0.2, 0.25) is 5.91 Å². The average Bonchev–Trinajstić information content (AvgIpc) is 2.69. The first-order valence-corrected chi connectivity index (χ1v) is 9.61. The van der Waals surface area contributed by atoms with E-state index in [1.807, 2.05) is 18.4 Å². The summed E-state index contributed by atoms with van der Waals surface area (Å²) in [6, 6.07) is 2.04. The van der Waals surface area contributed by atoms with Gasteiger partial charge >= 0.3 is 0 Å². The summed E-state index contributed by atoms with van der Waals surface area (Å²) in [7, 11) is -3.10. The van der Waals surface area contributed by atoms with Crippen LogP contribution in [0.1, 0.15) is 30.7 Å². The second kappa shape index (κ2) is 7.22. The Kier molecular flexibility index (Phi) is 6.20. The molecule has 0 aliphatic heterocycles. The third-order valence-electron chi connectivity index (χ3n) is 2.93. The molecular weight excluding hydrogens is 294 g/mol. The van der Waals surface area contributed by atoms with Gasteiger partial charge < -0.3 is 4.90 Å². The van der Waals surface area contributed by atoms with Crippen molar-refractivity contribution in [2.24, 2.45) is 5.92 Å². The van der Waals surface area contributed by atoms with E-state index >= 15 is 0 Å². The van der Waals surface area contributed by atoms with Crippen LogP contribution in [0.2, 0.25) is 0 Å². The quantitative estimate of drug-likeness (QED) is 0.776. The number of rotatable bonds is 7. The number of amides is 1. The van der Waals surface area contributed by atoms with E-state index in [9.17, 15) is 13.2 Å². The van der Waals surface area contributed by atoms with Gasteiger partial charge in [-0.05, 0) is 29.9 Å². The molecule has 0 saturated heterocycles. The molecule has 114 valence electrons. The zero-order chi connectivity index (χ0) is 15.3. The Labute approximate surface area is 125 Å². The third kappa shape index (κ3) is 6.05. The van der Waals surface area contributed by atoms with E-state index in [2.05, 4.69) is 13.8 Å². The maximum atomic E-state index is 12.2. The Hall–Kier alpha value is -0.880. The fourth-order valence-electron chi connectivity index (χ4n) is 1.87. The lowest BCUT2D eigenvalue weighted by molar-refractivity contribution is -0.131. The molecule has 1 rings (SSSR count). The summed E-state index contributed by atoms with van der Waals surface area (Å²) in [6.07, 6.45) is 1.23. The molecule has 0 aliphatic rings. The summed E-state index contributed by atoms with van der Waals surface area (Å²) in [4.78, 5) is 15.2. The van der Waals surface area contributed by atoms with Crippen LogP contribution in [0.25, 0.3) is 0 Å². The third-order valence-corrected chi connectivity index (χ3v) is 4.88. The van der Waals surface area contributed by atoms with E-state index in [0.29, 0.717) is 19.0 Å². The SMILES string of the molecule is Cc1ccsc1CN(CC(C)C)C(=O)CCS(C)(=O)=O. The molecule has 0 saturated carbocycles. The zero-order valence-electron chi connectivity index (χ0n) is 12.5. The van der Waals surface area contributed by atoms with Crippen LogP contribution in [0.15, 0.2) is 11.4 Å². The van der Waals surface area contributed by atoms with Gasteiger partial charge in [0.15, 0.2) is 0 Å². The van der Waals surface area contributed by atoms with Crippen molar-refractivity contribution in [3.8, 4) is 0 Å². The molecular formula is C14H23NO3S2. The minimum absolute atomic E-state index is 0.0655. The first-order valence-electron chi connectivity index (χ1n) is 6.67. The van der Waals surface area contributed by atoms with Gasteiger partial charge in [-0.3, -0.25) is 4.79 Å². The fourth-order valence-corrected chi connectivity index (χ4v) is 3.33. The number of hydrogen-bond acceptors (Lipinski definition) is 4. The second-order valence-corrected chi connectivity index (χ2v) is 8.84. The highest BCUT2D eigenvalue weighted by Gasteiger charge is 2.18. The number of carbonyl (C=O) groups excluding carboxylic acids is 1. The molecule has 0 atom stereocenters. The number of hydrogen-bond donors (Lipinski definition) is 0. The van der Waals surface area contributed by atoms with Crippen molar-refractivity contribution in [2.75, 3.05) is 18.6 Å². The lowest BCUT2D eigenvalue weighted by Crippen LogP contribution is -2.34. The molecule has 1 heterocycles. The highest BCUT2D eigenvalue weighted by Crippen LogP contribution is 2.19. The number of thiophene rings is 1. The van der Waals surface area contributed by atoms with Crippen LogP contribution in [0.4, 0.5) is 0 Å². The predicted molar refractivity (Wildman–Crippen MR) is 83.6 cm³/mol. The highest BCUT2D eigenvalue weighted by molar-refractivity contribution is 7.90. The van der Waals surface area contributed by atoms with Crippen LogP contribution in [0.3, 0.4) is 0 Å². The van der Waals surface area contributed by atoms with E-state index in [1.54, 1.807) is 16.2 Å². The van der Waals surface area contributed by atoms with Crippen molar-refractivity contribution in [1.29, 1.82) is 0 Å². The van der Waals surface area contributed by atoms with E-state index in [0.717, 1.165) is 6.26 Å². The lowest BCUT2D eigenvalue weighted by atomic mass is 10.2. The lowest BCUT2D eigenvalue weighted by Gasteiger charge is -2.24. The monoisotopic (exact) mass is 317 g/mol. The van der Waals surface area contributed by atoms with E-state index in [-0.39, 0.29) is 18.1 Å². The van der Waals surface area contributed by atoms with Gasteiger partial charge in [-0.25, -0.2) is 8.42 Å². The van der Waals surface area contributed by atoms with Crippen LogP contribution >= 0.6 is 11.3 Å². The Bertz CT molecular complexity index is 547. The van der Waals surface area contributed by atoms with Gasteiger partial charge in [0.05, 0.1) is 12.3 Å². The molecule has 0 N–H and O–H groups in total. The van der Waals surface area contributed by atoms with Crippen LogP contribution in [-0.4, -0.2) is 37.8 Å². The number of nitrogens with zero attached hydrogens (tertiary/aromatic N) is 1. The number of carbonyl (C=O) groups is 1. The number of aryl methyl sites for hydroxylation is 1. The molecule has 1 amide bonds. The second-order valence-electron chi connectivity index (χ2n) is 5.57. The summed E-state index contributed by atoms with van der Waals surface area (Å²) < 4.78 is 22.4. The zero-order valence-corrected chi connectivity index (χ0v) is 14.2. The average molecular weight is 317 g/mol. The topological polar surface area (TPSA) is 54.5 Å². The molecule has 1 aromatic heterocycles. The van der Waals surface area contributed by atoms with Crippen molar-refractivity contribution in [1.82, 2.24) is 4.90 Å². The standard InChI is InChI=1S/C14H23NO3S2/c1-11(2)9-15(10-13-12(3)5-7-19-13)14(16)6-8-20(4,17)18/h5,7,11H,6,8-10H2,1-4H3. The summed E-state index contributed by atoms with van der Waals surface area (Å²) in [6.45, 7) is 7.36. The Morgan fingerprint density at radius 3 is 2.50 bits per heavy atom. The predicted octanol–water partition coefficient (Wildman–Crippen LogP) is 2.48. The first kappa shape index (κ1) is 17.2. The summed E-state index contributed by atoms with van der Waals surface area (Å²) in [5.74, 6) is 0.193. The van der Waals surface area contributed by atoms with Gasteiger partial charge in [-0.15, -0.1) is 11.3 Å². The summed E-state index contributed by atoms with van der Waals surface area (Å²) in [5, 5.41) is 2.01. The summed E-state index contributed by atoms with van der Waals surface area (Å²) >= 11 is 1.63. The van der Waals surface area contributed by atoms with E-state index in [4.69, 9.17) is 0 Å². The maximum absolute atomic E-state index is 12.2. The largest absolute Gasteiger partial charge is 0.337 e. The van der Waals surface area contributed by atoms with Gasteiger partial charge in [0.25, 0.3) is 0 Å². The molecule has 0 unspecified atom stereocenters. The normalized spacial score (nSPS) is 11.8. The Morgan fingerprint density at radius 2 is 2.05 bits per heavy atom. The molecule has 0 aliphatic carbocycles. The van der Waals surface area contributed by atoms with Crippen LogP contribution < -0.4 is 0 Å². The van der Waals surface area contributed by atoms with Gasteiger partial charge in [0, 0.05) is 24.1 Å². The molecule has 1 aromatic rings. The molecule has 20 heavy (non-hydrogen) atoms. The smallest absolute Gasteiger partial charge is 0.223 e. The highest BCUT2D eigenvalue weighted by atomic mass is 32.2. The van der Waals surface area contributed by atoms with Crippen molar-refractivity contribution in [2.45, 2.75) is 33.7 Å². The van der Waals surface area contributed by atoms with Crippen LogP contribution in [0, 0.1) is 12.8 Å².